The smallest absolute Gasteiger partial charge is 0.326 e. The normalized spacial score (nSPS) is 13.6. The van der Waals surface area contributed by atoms with Gasteiger partial charge >= 0.3 is 5.97 Å². The van der Waals surface area contributed by atoms with Gasteiger partial charge in [-0.3, -0.25) is 9.48 Å². The summed E-state index contributed by atoms with van der Waals surface area (Å²) in [5.74, 6) is -1.08. The second-order valence-electron chi connectivity index (χ2n) is 8.69. The molecule has 1 aromatic heterocycles. The number of amides is 1. The number of carboxylic acids is 1. The first-order valence-corrected chi connectivity index (χ1v) is 12.3. The van der Waals surface area contributed by atoms with Gasteiger partial charge < -0.3 is 15.2 Å². The number of carboxylic acid groups (broad SMARTS) is 1. The zero-order valence-corrected chi connectivity index (χ0v) is 20.9. The number of para-hydroxylation sites is 1. The van der Waals surface area contributed by atoms with E-state index < -0.39 is 17.9 Å². The topological polar surface area (TPSA) is 93.5 Å². The Morgan fingerprint density at radius 1 is 1.11 bits per heavy atom. The molecule has 1 atom stereocenters. The number of nitrogens with zero attached hydrogens (tertiary/aromatic N) is 2. The summed E-state index contributed by atoms with van der Waals surface area (Å²) in [6.45, 7) is 0.568. The number of hydrogen-bond acceptors (Lipinski definition) is 4. The lowest BCUT2D eigenvalue weighted by Crippen LogP contribution is -2.42. The van der Waals surface area contributed by atoms with E-state index in [1.54, 1.807) is 6.07 Å². The van der Waals surface area contributed by atoms with Crippen LogP contribution in [0.25, 0.3) is 22.2 Å². The van der Waals surface area contributed by atoms with E-state index in [1.165, 1.54) is 12.1 Å². The predicted molar refractivity (Wildman–Crippen MR) is 139 cm³/mol. The summed E-state index contributed by atoms with van der Waals surface area (Å²) < 4.78 is 7.95. The minimum absolute atomic E-state index is 0.0508. The number of rotatable bonds is 6. The molecule has 1 unspecified atom stereocenters. The van der Waals surface area contributed by atoms with Crippen LogP contribution in [0.15, 0.2) is 54.6 Å². The number of aromatic nitrogens is 2. The van der Waals surface area contributed by atoms with Crippen molar-refractivity contribution in [3.05, 3.63) is 81.3 Å². The molecule has 0 aliphatic carbocycles. The van der Waals surface area contributed by atoms with Crippen molar-refractivity contribution in [2.24, 2.45) is 7.05 Å². The fourth-order valence-electron chi connectivity index (χ4n) is 4.69. The van der Waals surface area contributed by atoms with Gasteiger partial charge in [0.2, 0.25) is 0 Å². The van der Waals surface area contributed by atoms with Gasteiger partial charge in [-0.1, -0.05) is 53.5 Å². The average Bonchev–Trinajstić information content (AvgIpc) is 3.20. The van der Waals surface area contributed by atoms with Crippen molar-refractivity contribution in [2.45, 2.75) is 25.3 Å². The lowest BCUT2D eigenvalue weighted by molar-refractivity contribution is -0.139. The van der Waals surface area contributed by atoms with Crippen molar-refractivity contribution < 1.29 is 19.4 Å². The number of aliphatic carboxylic acids is 1. The molecule has 184 valence electrons. The van der Waals surface area contributed by atoms with E-state index in [9.17, 15) is 14.7 Å². The van der Waals surface area contributed by atoms with Crippen molar-refractivity contribution in [3.63, 3.8) is 0 Å². The second-order valence-corrected chi connectivity index (χ2v) is 9.50. The van der Waals surface area contributed by atoms with Gasteiger partial charge in [0.25, 0.3) is 5.91 Å². The summed E-state index contributed by atoms with van der Waals surface area (Å²) in [5, 5.41) is 18.5. The maximum Gasteiger partial charge on any atom is 0.326 e. The molecule has 36 heavy (non-hydrogen) atoms. The molecule has 0 saturated heterocycles. The maximum atomic E-state index is 12.9. The fraction of sp³-hybridized carbons (Fsp3) is 0.222. The number of carbonyl (C=O) groups is 2. The SMILES string of the molecule is Cn1nc(-c2ccc(CC(NC(=O)c3c(Cl)cccc3Cl)C(=O)O)c3c2OCCC3)c2ccccc21. The number of carbonyl (C=O) groups excluding carboxylic acids is 1. The largest absolute Gasteiger partial charge is 0.493 e. The van der Waals surface area contributed by atoms with Crippen molar-refractivity contribution >= 4 is 46.0 Å². The third-order valence-electron chi connectivity index (χ3n) is 6.41. The van der Waals surface area contributed by atoms with Crippen molar-refractivity contribution in [1.29, 1.82) is 0 Å². The van der Waals surface area contributed by atoms with Gasteiger partial charge in [0.15, 0.2) is 0 Å². The van der Waals surface area contributed by atoms with Gasteiger partial charge in [-0.05, 0) is 48.2 Å². The molecule has 0 saturated carbocycles. The van der Waals surface area contributed by atoms with Crippen molar-refractivity contribution in [2.75, 3.05) is 6.61 Å². The van der Waals surface area contributed by atoms with E-state index in [-0.39, 0.29) is 22.0 Å². The summed E-state index contributed by atoms with van der Waals surface area (Å²) in [6.07, 6.45) is 1.63. The number of halogens is 2. The maximum absolute atomic E-state index is 12.9. The molecule has 0 radical (unpaired) electrons. The molecule has 7 nitrogen and oxygen atoms in total. The first-order chi connectivity index (χ1) is 17.3. The molecule has 5 rings (SSSR count). The summed E-state index contributed by atoms with van der Waals surface area (Å²) in [7, 11) is 1.90. The van der Waals surface area contributed by atoms with Gasteiger partial charge in [-0.2, -0.15) is 5.10 Å². The van der Waals surface area contributed by atoms with Crippen LogP contribution in [0.2, 0.25) is 10.0 Å². The van der Waals surface area contributed by atoms with Gasteiger partial charge in [-0.25, -0.2) is 4.79 Å². The molecule has 2 N–H and O–H groups in total. The Bertz CT molecular complexity index is 1480. The zero-order valence-electron chi connectivity index (χ0n) is 19.4. The van der Waals surface area contributed by atoms with Crippen LogP contribution in [0.3, 0.4) is 0 Å². The number of benzene rings is 3. The monoisotopic (exact) mass is 523 g/mol. The lowest BCUT2D eigenvalue weighted by atomic mass is 9.91. The predicted octanol–water partition coefficient (Wildman–Crippen LogP) is 5.30. The Hall–Kier alpha value is -3.55. The molecule has 0 bridgehead atoms. The minimum Gasteiger partial charge on any atom is -0.493 e. The number of ether oxygens (including phenoxy) is 1. The Kier molecular flexibility index (Phi) is 6.60. The van der Waals surface area contributed by atoms with Gasteiger partial charge in [0, 0.05) is 24.4 Å². The third-order valence-corrected chi connectivity index (χ3v) is 7.04. The Morgan fingerprint density at radius 3 is 2.61 bits per heavy atom. The molecule has 1 amide bonds. The average molecular weight is 524 g/mol. The van der Waals surface area contributed by atoms with E-state index in [4.69, 9.17) is 33.0 Å². The summed E-state index contributed by atoms with van der Waals surface area (Å²) in [6, 6.07) is 15.3. The highest BCUT2D eigenvalue weighted by atomic mass is 35.5. The molecular formula is C27H23Cl2N3O4. The van der Waals surface area contributed by atoms with Crippen LogP contribution < -0.4 is 10.1 Å². The fourth-order valence-corrected chi connectivity index (χ4v) is 5.26. The van der Waals surface area contributed by atoms with Gasteiger partial charge in [0.1, 0.15) is 17.5 Å². The lowest BCUT2D eigenvalue weighted by Gasteiger charge is -2.24. The second kappa shape index (κ2) is 9.84. The molecule has 9 heteroatoms. The summed E-state index contributed by atoms with van der Waals surface area (Å²) in [4.78, 5) is 25.0. The first kappa shape index (κ1) is 24.2. The number of hydrogen-bond donors (Lipinski definition) is 2. The number of nitrogens with one attached hydrogen (secondary N) is 1. The van der Waals surface area contributed by atoms with E-state index in [0.717, 1.165) is 46.1 Å². The molecule has 1 aliphatic rings. The van der Waals surface area contributed by atoms with Crippen LogP contribution in [-0.2, 0) is 24.7 Å². The van der Waals surface area contributed by atoms with Crippen LogP contribution in [-0.4, -0.2) is 39.4 Å². The molecule has 3 aromatic carbocycles. The molecule has 0 fully saturated rings. The molecular weight excluding hydrogens is 501 g/mol. The van der Waals surface area contributed by atoms with Crippen LogP contribution in [0.1, 0.15) is 27.9 Å². The van der Waals surface area contributed by atoms with Gasteiger partial charge in [0.05, 0.1) is 27.7 Å². The zero-order chi connectivity index (χ0) is 25.4. The highest BCUT2D eigenvalue weighted by Crippen LogP contribution is 2.40. The summed E-state index contributed by atoms with van der Waals surface area (Å²) >= 11 is 12.3. The van der Waals surface area contributed by atoms with Crippen LogP contribution in [0.5, 0.6) is 5.75 Å². The van der Waals surface area contributed by atoms with Gasteiger partial charge in [-0.15, -0.1) is 0 Å². The minimum atomic E-state index is -1.18. The number of aryl methyl sites for hydroxylation is 1. The van der Waals surface area contributed by atoms with E-state index >= 15 is 0 Å². The van der Waals surface area contributed by atoms with Crippen molar-refractivity contribution in [3.8, 4) is 17.0 Å². The third kappa shape index (κ3) is 4.40. The standard InChI is InChI=1S/C27H23Cl2N3O4/c1-32-22-10-3-2-6-17(22)24(31-32)18-12-11-15(16-7-5-13-36-25(16)18)14-21(27(34)35)30-26(33)23-19(28)8-4-9-20(23)29/h2-4,6,8-12,21H,5,7,13-14H2,1H3,(H,30,33)(H,34,35). The van der Waals surface area contributed by atoms with Crippen LogP contribution in [0, 0.1) is 0 Å². The van der Waals surface area contributed by atoms with E-state index in [1.807, 2.05) is 48.1 Å². The highest BCUT2D eigenvalue weighted by molar-refractivity contribution is 6.39. The Balaban J connectivity index is 1.50. The van der Waals surface area contributed by atoms with Crippen molar-refractivity contribution in [1.82, 2.24) is 15.1 Å². The molecule has 4 aromatic rings. The Labute approximate surface area is 217 Å². The quantitative estimate of drug-likeness (QED) is 0.357. The van der Waals surface area contributed by atoms with E-state index in [0.29, 0.717) is 12.4 Å². The highest BCUT2D eigenvalue weighted by Gasteiger charge is 2.28. The molecule has 1 aliphatic heterocycles. The first-order valence-electron chi connectivity index (χ1n) is 11.5. The number of fused-ring (bicyclic) bond motifs is 2. The molecule has 0 spiro atoms. The Morgan fingerprint density at radius 2 is 1.86 bits per heavy atom. The van der Waals surface area contributed by atoms with Crippen LogP contribution >= 0.6 is 23.2 Å². The van der Waals surface area contributed by atoms with E-state index in [2.05, 4.69) is 5.32 Å². The molecule has 2 heterocycles. The summed E-state index contributed by atoms with van der Waals surface area (Å²) in [5.41, 5.74) is 4.47. The van der Waals surface area contributed by atoms with Crippen LogP contribution in [0.4, 0.5) is 0 Å².